The largest absolute Gasteiger partial charge is 0.399 e. The van der Waals surface area contributed by atoms with Crippen molar-refractivity contribution < 1.29 is 52.1 Å². The first-order chi connectivity index (χ1) is 20.1. The first-order valence-corrected chi connectivity index (χ1v) is 17.7. The van der Waals surface area contributed by atoms with Gasteiger partial charge in [0, 0.05) is 27.7 Å². The molecular weight excluding hydrogens is 663 g/mol. The van der Waals surface area contributed by atoms with Gasteiger partial charge in [-0.2, -0.15) is 25.3 Å². The van der Waals surface area contributed by atoms with Crippen molar-refractivity contribution >= 4 is 74.1 Å². The molecule has 4 aromatic rings. The highest BCUT2D eigenvalue weighted by molar-refractivity contribution is 7.92. The Kier molecular flexibility index (Phi) is 8.28. The molecule has 4 rings (SSSR count). The van der Waals surface area contributed by atoms with E-state index >= 15 is 0 Å². The summed E-state index contributed by atoms with van der Waals surface area (Å²) >= 11 is 0. The second kappa shape index (κ2) is 11.1. The number of rotatable bonds is 8. The number of anilines is 3. The summed E-state index contributed by atoms with van der Waals surface area (Å²) in [4.78, 5) is 8.84. The maximum Gasteiger partial charge on any atom is 0.295 e. The summed E-state index contributed by atoms with van der Waals surface area (Å²) in [5.41, 5.74) is 6.78. The molecule has 0 fully saturated rings. The van der Waals surface area contributed by atoms with E-state index in [4.69, 9.17) is 5.73 Å². The number of amides is 1. The summed E-state index contributed by atoms with van der Waals surface area (Å²) in [5.74, 6) is -0.497. The number of benzene rings is 4. The van der Waals surface area contributed by atoms with Gasteiger partial charge in [-0.25, -0.2) is 8.42 Å². The van der Waals surface area contributed by atoms with E-state index in [2.05, 4.69) is 10.0 Å². The Morgan fingerprint density at radius 2 is 1.30 bits per heavy atom. The average Bonchev–Trinajstić information content (AvgIpc) is 2.86. The van der Waals surface area contributed by atoms with Crippen molar-refractivity contribution in [2.24, 2.45) is 0 Å². The molecule has 4 aromatic carbocycles. The normalized spacial score (nSPS) is 12.7. The third kappa shape index (κ3) is 6.68. The summed E-state index contributed by atoms with van der Waals surface area (Å²) < 4.78 is 130. The molecule has 0 saturated heterocycles. The van der Waals surface area contributed by atoms with Crippen molar-refractivity contribution in [3.8, 4) is 0 Å². The number of nitrogens with one attached hydrogen (secondary N) is 2. The number of carbonyl (C=O) groups is 1. The van der Waals surface area contributed by atoms with Gasteiger partial charge in [-0.3, -0.25) is 23.2 Å². The predicted octanol–water partition coefficient (Wildman–Crippen LogP) is 2.83. The minimum atomic E-state index is -5.40. The lowest BCUT2D eigenvalue weighted by Gasteiger charge is -2.17. The lowest BCUT2D eigenvalue weighted by molar-refractivity contribution is 0.102. The Balaban J connectivity index is 1.83. The van der Waals surface area contributed by atoms with Crippen LogP contribution in [0.25, 0.3) is 10.8 Å². The first-order valence-electron chi connectivity index (χ1n) is 11.9. The van der Waals surface area contributed by atoms with Crippen LogP contribution in [0.2, 0.25) is 0 Å². The fourth-order valence-electron chi connectivity index (χ4n) is 4.43. The van der Waals surface area contributed by atoms with Crippen LogP contribution in [-0.4, -0.2) is 53.2 Å². The van der Waals surface area contributed by atoms with Gasteiger partial charge in [0.15, 0.2) is 0 Å². The lowest BCUT2D eigenvalue weighted by Crippen LogP contribution is -2.17. The molecule has 0 heterocycles. The monoisotopic (exact) mass is 685 g/mol. The average molecular weight is 686 g/mol. The second-order valence-electron chi connectivity index (χ2n) is 9.49. The molecule has 0 saturated carbocycles. The minimum absolute atomic E-state index is 0.104. The Morgan fingerprint density at radius 3 is 1.84 bits per heavy atom. The number of fused-ring (bicyclic) bond motifs is 1. The minimum Gasteiger partial charge on any atom is -0.399 e. The summed E-state index contributed by atoms with van der Waals surface area (Å²) in [7, 11) is -20.4. The van der Waals surface area contributed by atoms with Crippen LogP contribution in [0.4, 0.5) is 17.1 Å². The topological polar surface area (TPSA) is 264 Å². The van der Waals surface area contributed by atoms with Crippen LogP contribution in [0.1, 0.15) is 21.5 Å². The fraction of sp³-hybridized carbons (Fsp3) is 0.0800. The molecule has 0 atom stereocenters. The van der Waals surface area contributed by atoms with E-state index in [9.17, 15) is 52.1 Å². The molecule has 0 spiro atoms. The zero-order valence-corrected chi connectivity index (χ0v) is 25.8. The maximum atomic E-state index is 13.4. The van der Waals surface area contributed by atoms with Crippen LogP contribution in [0.5, 0.6) is 0 Å². The summed E-state index contributed by atoms with van der Waals surface area (Å²) in [6, 6.07) is 10.6. The van der Waals surface area contributed by atoms with Crippen LogP contribution in [-0.2, 0) is 40.4 Å². The summed E-state index contributed by atoms with van der Waals surface area (Å²) in [6.07, 6.45) is 0. The smallest absolute Gasteiger partial charge is 0.295 e. The van der Waals surface area contributed by atoms with Gasteiger partial charge in [-0.15, -0.1) is 0 Å². The van der Waals surface area contributed by atoms with Crippen LogP contribution in [0, 0.1) is 13.8 Å². The van der Waals surface area contributed by atoms with Crippen molar-refractivity contribution in [1.82, 2.24) is 0 Å². The number of sulfonamides is 1. The van der Waals surface area contributed by atoms with Crippen molar-refractivity contribution in [2.75, 3.05) is 15.8 Å². The number of nitrogens with two attached hydrogens (primary N) is 1. The molecule has 19 heteroatoms. The van der Waals surface area contributed by atoms with Crippen LogP contribution < -0.4 is 15.8 Å². The highest BCUT2D eigenvalue weighted by Crippen LogP contribution is 2.38. The maximum absolute atomic E-state index is 13.4. The van der Waals surface area contributed by atoms with Crippen molar-refractivity contribution in [1.29, 1.82) is 0 Å². The number of carbonyl (C=O) groups excluding carboxylic acids is 1. The quantitative estimate of drug-likeness (QED) is 0.115. The molecule has 0 unspecified atom stereocenters. The highest BCUT2D eigenvalue weighted by atomic mass is 32.2. The predicted molar refractivity (Wildman–Crippen MR) is 159 cm³/mol. The Labute approximate surface area is 252 Å². The Hall–Kier alpha value is -4.11. The highest BCUT2D eigenvalue weighted by Gasteiger charge is 2.28. The Bertz CT molecular complexity index is 2320. The molecule has 0 radical (unpaired) electrons. The third-order valence-electron chi connectivity index (χ3n) is 6.33. The molecule has 0 aromatic heterocycles. The number of hydrogen-bond donors (Lipinski definition) is 6. The van der Waals surface area contributed by atoms with Crippen LogP contribution >= 0.6 is 0 Å². The second-order valence-corrected chi connectivity index (χ2v) is 15.3. The van der Waals surface area contributed by atoms with Gasteiger partial charge < -0.3 is 11.1 Å². The standard InChI is InChI=1S/C25H23N3O12S4/c1-13-9-15(26)3-5-18(13)25(29)27-16-4-7-21(14(2)10-16)41(30,31)28-20-6-8-22(43(35,36)37)19-11-17(42(32,33)34)12-23(24(19)20)44(38,39)40/h3-12,28H,26H2,1-2H3,(H,27,29)(H,32,33,34)(H,35,36,37)(H,38,39,40). The molecule has 234 valence electrons. The summed E-state index contributed by atoms with van der Waals surface area (Å²) in [5, 5.41) is 0.942. The Morgan fingerprint density at radius 1 is 0.682 bits per heavy atom. The number of nitrogen functional groups attached to an aromatic ring is 1. The van der Waals surface area contributed by atoms with E-state index in [1.165, 1.54) is 31.2 Å². The van der Waals surface area contributed by atoms with Gasteiger partial charge in [-0.05, 0) is 85.6 Å². The molecule has 0 aliphatic rings. The van der Waals surface area contributed by atoms with E-state index in [0.717, 1.165) is 12.1 Å². The van der Waals surface area contributed by atoms with Crippen molar-refractivity contribution in [3.63, 3.8) is 0 Å². The number of aryl methyl sites for hydroxylation is 2. The summed E-state index contributed by atoms with van der Waals surface area (Å²) in [6.45, 7) is 3.07. The zero-order valence-electron chi connectivity index (χ0n) is 22.5. The van der Waals surface area contributed by atoms with E-state index in [1.807, 2.05) is 0 Å². The van der Waals surface area contributed by atoms with Crippen LogP contribution in [0.15, 0.2) is 80.2 Å². The van der Waals surface area contributed by atoms with Crippen molar-refractivity contribution in [2.45, 2.75) is 33.4 Å². The van der Waals surface area contributed by atoms with Gasteiger partial charge in [-0.1, -0.05) is 0 Å². The molecular formula is C25H23N3O12S4. The molecule has 1 amide bonds. The van der Waals surface area contributed by atoms with Gasteiger partial charge in [0.25, 0.3) is 46.3 Å². The molecule has 0 aliphatic heterocycles. The molecule has 44 heavy (non-hydrogen) atoms. The van der Waals surface area contributed by atoms with E-state index in [1.54, 1.807) is 13.0 Å². The molecule has 0 aliphatic carbocycles. The van der Waals surface area contributed by atoms with Gasteiger partial charge in [0.2, 0.25) is 0 Å². The fourth-order valence-corrected chi connectivity index (χ4v) is 7.77. The van der Waals surface area contributed by atoms with E-state index in [-0.39, 0.29) is 22.2 Å². The van der Waals surface area contributed by atoms with Gasteiger partial charge in [0.05, 0.1) is 15.5 Å². The third-order valence-corrected chi connectivity index (χ3v) is 10.5. The van der Waals surface area contributed by atoms with Crippen molar-refractivity contribution in [3.05, 3.63) is 77.4 Å². The molecule has 15 nitrogen and oxygen atoms in total. The molecule has 0 bridgehead atoms. The zero-order chi connectivity index (χ0) is 33.0. The SMILES string of the molecule is Cc1cc(N)ccc1C(=O)Nc1ccc(S(=O)(=O)Nc2ccc(S(=O)(=O)O)c3cc(S(=O)(=O)O)cc(S(=O)(=O)O)c23)c(C)c1. The number of hydrogen-bond acceptors (Lipinski definition) is 10. The molecule has 7 N–H and O–H groups in total. The lowest BCUT2D eigenvalue weighted by atomic mass is 10.1. The van der Waals surface area contributed by atoms with Crippen LogP contribution in [0.3, 0.4) is 0 Å². The van der Waals surface area contributed by atoms with Gasteiger partial charge >= 0.3 is 0 Å². The van der Waals surface area contributed by atoms with Gasteiger partial charge in [0.1, 0.15) is 9.79 Å². The first kappa shape index (κ1) is 32.8. The van der Waals surface area contributed by atoms with E-state index in [0.29, 0.717) is 28.9 Å². The van der Waals surface area contributed by atoms with E-state index < -0.39 is 77.4 Å².